The lowest BCUT2D eigenvalue weighted by molar-refractivity contribution is 0.0963. The van der Waals surface area contributed by atoms with E-state index in [1.165, 1.54) is 6.26 Å². The van der Waals surface area contributed by atoms with Crippen molar-refractivity contribution in [2.75, 3.05) is 43.3 Å². The van der Waals surface area contributed by atoms with Gasteiger partial charge in [0, 0.05) is 32.5 Å². The fourth-order valence-electron chi connectivity index (χ4n) is 1.61. The lowest BCUT2D eigenvalue weighted by Crippen LogP contribution is -2.26. The first kappa shape index (κ1) is 15.3. The van der Waals surface area contributed by atoms with E-state index < -0.39 is 9.84 Å². The lowest BCUT2D eigenvalue weighted by atomic mass is 10.1. The van der Waals surface area contributed by atoms with E-state index in [0.717, 1.165) is 0 Å². The molecular weight excluding hydrogens is 266 g/mol. The number of amides is 1. The van der Waals surface area contributed by atoms with Crippen molar-refractivity contribution in [3.8, 4) is 0 Å². The van der Waals surface area contributed by atoms with Crippen LogP contribution in [0.2, 0.25) is 0 Å². The normalized spacial score (nSPS) is 11.1. The molecule has 0 fully saturated rings. The fourth-order valence-corrected chi connectivity index (χ4v) is 2.22. The molecule has 3 N–H and O–H groups in total. The quantitative estimate of drug-likeness (QED) is 0.749. The van der Waals surface area contributed by atoms with Crippen molar-refractivity contribution in [1.82, 2.24) is 5.32 Å². The van der Waals surface area contributed by atoms with Gasteiger partial charge in [-0.15, -0.1) is 0 Å². The van der Waals surface area contributed by atoms with Crippen molar-refractivity contribution in [1.29, 1.82) is 0 Å². The van der Waals surface area contributed by atoms with Gasteiger partial charge in [0.05, 0.1) is 17.1 Å². The minimum atomic E-state index is -3.01. The van der Waals surface area contributed by atoms with Gasteiger partial charge in [0.2, 0.25) is 0 Å². The van der Waals surface area contributed by atoms with Crippen LogP contribution in [0.5, 0.6) is 0 Å². The van der Waals surface area contributed by atoms with Gasteiger partial charge in [-0.25, -0.2) is 8.42 Å². The van der Waals surface area contributed by atoms with Crippen LogP contribution in [0.25, 0.3) is 0 Å². The number of nitrogens with two attached hydrogens (primary N) is 1. The standard InChI is InChI=1S/C12H19N3O3S/c1-14-12(16)9-4-5-11(10(13)8-9)15(2)6-7-19(3,17)18/h4-5,8H,6-7,13H2,1-3H3,(H,14,16). The molecule has 1 rings (SSSR count). The van der Waals surface area contributed by atoms with Gasteiger partial charge >= 0.3 is 0 Å². The summed E-state index contributed by atoms with van der Waals surface area (Å²) in [5, 5.41) is 2.51. The molecule has 106 valence electrons. The number of anilines is 2. The first-order chi connectivity index (χ1) is 8.74. The van der Waals surface area contributed by atoms with Gasteiger partial charge in [-0.3, -0.25) is 4.79 Å². The number of hydrogen-bond donors (Lipinski definition) is 2. The number of carbonyl (C=O) groups excluding carboxylic acids is 1. The Morgan fingerprint density at radius 3 is 2.53 bits per heavy atom. The minimum Gasteiger partial charge on any atom is -0.397 e. The maximum Gasteiger partial charge on any atom is 0.251 e. The summed E-state index contributed by atoms with van der Waals surface area (Å²) in [5.41, 5.74) is 7.50. The molecule has 0 heterocycles. The van der Waals surface area contributed by atoms with Gasteiger partial charge in [-0.05, 0) is 18.2 Å². The Morgan fingerprint density at radius 1 is 1.42 bits per heavy atom. The molecule has 1 aromatic carbocycles. The van der Waals surface area contributed by atoms with Gasteiger partial charge in [0.25, 0.3) is 5.91 Å². The van der Waals surface area contributed by atoms with Crippen LogP contribution in [0.1, 0.15) is 10.4 Å². The molecule has 6 nitrogen and oxygen atoms in total. The predicted molar refractivity (Wildman–Crippen MR) is 77.2 cm³/mol. The van der Waals surface area contributed by atoms with E-state index in [-0.39, 0.29) is 11.7 Å². The van der Waals surface area contributed by atoms with Gasteiger partial charge in [-0.1, -0.05) is 0 Å². The molecule has 0 aliphatic heterocycles. The number of carbonyl (C=O) groups is 1. The van der Waals surface area contributed by atoms with Crippen LogP contribution in [-0.2, 0) is 9.84 Å². The summed E-state index contributed by atoms with van der Waals surface area (Å²) in [6.45, 7) is 0.350. The number of hydrogen-bond acceptors (Lipinski definition) is 5. The average molecular weight is 285 g/mol. The molecular formula is C12H19N3O3S. The minimum absolute atomic E-state index is 0.0557. The van der Waals surface area contributed by atoms with E-state index in [1.54, 1.807) is 37.2 Å². The van der Waals surface area contributed by atoms with E-state index >= 15 is 0 Å². The van der Waals surface area contributed by atoms with Gasteiger partial charge in [-0.2, -0.15) is 0 Å². The molecule has 19 heavy (non-hydrogen) atoms. The van der Waals surface area contributed by atoms with Crippen LogP contribution in [0, 0.1) is 0 Å². The van der Waals surface area contributed by atoms with Gasteiger partial charge in [0.15, 0.2) is 0 Å². The third kappa shape index (κ3) is 4.44. The summed E-state index contributed by atoms with van der Waals surface area (Å²) in [6, 6.07) is 4.94. The molecule has 7 heteroatoms. The SMILES string of the molecule is CNC(=O)c1ccc(N(C)CCS(C)(=O)=O)c(N)c1. The average Bonchev–Trinajstić information content (AvgIpc) is 2.34. The third-order valence-electron chi connectivity index (χ3n) is 2.73. The first-order valence-electron chi connectivity index (χ1n) is 5.75. The van der Waals surface area contributed by atoms with E-state index in [4.69, 9.17) is 5.73 Å². The summed E-state index contributed by atoms with van der Waals surface area (Å²) in [5.74, 6) is -0.155. The van der Waals surface area contributed by atoms with Crippen LogP contribution in [0.15, 0.2) is 18.2 Å². The molecule has 0 aromatic heterocycles. The first-order valence-corrected chi connectivity index (χ1v) is 7.81. The fraction of sp³-hybridized carbons (Fsp3) is 0.417. The van der Waals surface area contributed by atoms with E-state index in [2.05, 4.69) is 5.32 Å². The number of nitrogens with zero attached hydrogens (tertiary/aromatic N) is 1. The van der Waals surface area contributed by atoms with Gasteiger partial charge < -0.3 is 16.0 Å². The number of rotatable bonds is 5. The highest BCUT2D eigenvalue weighted by Gasteiger charge is 2.11. The number of sulfone groups is 1. The monoisotopic (exact) mass is 285 g/mol. The molecule has 0 radical (unpaired) electrons. The zero-order valence-corrected chi connectivity index (χ0v) is 12.1. The summed E-state index contributed by atoms with van der Waals surface area (Å²) in [4.78, 5) is 13.2. The van der Waals surface area contributed by atoms with Crippen LogP contribution < -0.4 is 16.0 Å². The molecule has 0 atom stereocenters. The number of nitrogen functional groups attached to an aromatic ring is 1. The second-order valence-corrected chi connectivity index (χ2v) is 6.66. The molecule has 0 aliphatic carbocycles. The Balaban J connectivity index is 2.87. The zero-order chi connectivity index (χ0) is 14.6. The van der Waals surface area contributed by atoms with E-state index in [1.807, 2.05) is 0 Å². The maximum atomic E-state index is 11.4. The molecule has 0 spiro atoms. The molecule has 0 saturated carbocycles. The second-order valence-electron chi connectivity index (χ2n) is 4.40. The molecule has 0 aliphatic rings. The number of benzene rings is 1. The molecule has 0 saturated heterocycles. The van der Waals surface area contributed by atoms with Gasteiger partial charge in [0.1, 0.15) is 9.84 Å². The second kappa shape index (κ2) is 5.92. The Bertz CT molecular complexity index is 570. The van der Waals surface area contributed by atoms with Crippen molar-refractivity contribution in [2.45, 2.75) is 0 Å². The maximum absolute atomic E-state index is 11.4. The third-order valence-corrected chi connectivity index (χ3v) is 3.65. The van der Waals surface area contributed by atoms with Crippen LogP contribution >= 0.6 is 0 Å². The van der Waals surface area contributed by atoms with Crippen LogP contribution in [-0.4, -0.2) is 47.0 Å². The van der Waals surface area contributed by atoms with Crippen molar-refractivity contribution in [3.05, 3.63) is 23.8 Å². The topological polar surface area (TPSA) is 92.5 Å². The summed E-state index contributed by atoms with van der Waals surface area (Å²) in [6.07, 6.45) is 1.19. The van der Waals surface area contributed by atoms with E-state index in [0.29, 0.717) is 23.5 Å². The van der Waals surface area contributed by atoms with Crippen LogP contribution in [0.4, 0.5) is 11.4 Å². The smallest absolute Gasteiger partial charge is 0.251 e. The Labute approximate surface area is 113 Å². The lowest BCUT2D eigenvalue weighted by Gasteiger charge is -2.21. The summed E-state index contributed by atoms with van der Waals surface area (Å²) >= 11 is 0. The molecule has 0 unspecified atom stereocenters. The highest BCUT2D eigenvalue weighted by atomic mass is 32.2. The van der Waals surface area contributed by atoms with Crippen molar-refractivity contribution in [2.24, 2.45) is 0 Å². The highest BCUT2D eigenvalue weighted by molar-refractivity contribution is 7.90. The predicted octanol–water partition coefficient (Wildman–Crippen LogP) is 0.109. The van der Waals surface area contributed by atoms with Crippen molar-refractivity contribution in [3.63, 3.8) is 0 Å². The summed E-state index contributed by atoms with van der Waals surface area (Å²) in [7, 11) is 0.294. The zero-order valence-electron chi connectivity index (χ0n) is 11.3. The summed E-state index contributed by atoms with van der Waals surface area (Å²) < 4.78 is 22.2. The highest BCUT2D eigenvalue weighted by Crippen LogP contribution is 2.23. The Morgan fingerprint density at radius 2 is 2.05 bits per heavy atom. The van der Waals surface area contributed by atoms with E-state index in [9.17, 15) is 13.2 Å². The van der Waals surface area contributed by atoms with Crippen molar-refractivity contribution >= 4 is 27.1 Å². The number of nitrogens with one attached hydrogen (secondary N) is 1. The Hall–Kier alpha value is -1.76. The molecule has 1 aromatic rings. The Kier molecular flexibility index (Phi) is 4.77. The van der Waals surface area contributed by atoms with Crippen molar-refractivity contribution < 1.29 is 13.2 Å². The molecule has 1 amide bonds. The largest absolute Gasteiger partial charge is 0.397 e. The van der Waals surface area contributed by atoms with Crippen LogP contribution in [0.3, 0.4) is 0 Å². The molecule has 0 bridgehead atoms.